The van der Waals surface area contributed by atoms with Crippen LogP contribution in [0.1, 0.15) is 19.2 Å². The molecular formula is C9H14N6O2S. The molecule has 2 aromatic heterocycles. The molecule has 0 radical (unpaired) electrons. The highest BCUT2D eigenvalue weighted by atomic mass is 32.2. The summed E-state index contributed by atoms with van der Waals surface area (Å²) in [6.07, 6.45) is 5.20. The highest BCUT2D eigenvalue weighted by Gasteiger charge is 2.12. The van der Waals surface area contributed by atoms with Gasteiger partial charge in [-0.15, -0.1) is 0 Å². The maximum absolute atomic E-state index is 11.1. The lowest BCUT2D eigenvalue weighted by Gasteiger charge is -2.04. The van der Waals surface area contributed by atoms with E-state index in [9.17, 15) is 8.42 Å². The fourth-order valence-corrected chi connectivity index (χ4v) is 2.02. The third-order valence-corrected chi connectivity index (χ3v) is 3.15. The minimum absolute atomic E-state index is 0.149. The van der Waals surface area contributed by atoms with Crippen molar-refractivity contribution < 1.29 is 8.42 Å². The van der Waals surface area contributed by atoms with Crippen LogP contribution in [0.3, 0.4) is 0 Å². The maximum atomic E-state index is 11.1. The minimum Gasteiger partial charge on any atom is -0.328 e. The van der Waals surface area contributed by atoms with Crippen LogP contribution in [0.5, 0.6) is 0 Å². The van der Waals surface area contributed by atoms with Crippen LogP contribution in [-0.4, -0.2) is 32.7 Å². The van der Waals surface area contributed by atoms with Gasteiger partial charge in [0.2, 0.25) is 0 Å². The Labute approximate surface area is 105 Å². The fourth-order valence-electron chi connectivity index (χ4n) is 1.55. The third-order valence-electron chi connectivity index (χ3n) is 2.36. The van der Waals surface area contributed by atoms with E-state index in [-0.39, 0.29) is 5.03 Å². The lowest BCUT2D eigenvalue weighted by atomic mass is 10.4. The van der Waals surface area contributed by atoms with Gasteiger partial charge >= 0.3 is 0 Å². The Morgan fingerprint density at radius 2 is 2.17 bits per heavy atom. The number of nitrogens with zero attached hydrogens (tertiary/aromatic N) is 5. The largest absolute Gasteiger partial charge is 0.328 e. The first-order chi connectivity index (χ1) is 8.50. The Hall–Kier alpha value is -1.74. The molecule has 0 fully saturated rings. The Balaban J connectivity index is 2.19. The highest BCUT2D eigenvalue weighted by molar-refractivity contribution is 7.89. The van der Waals surface area contributed by atoms with E-state index in [0.29, 0.717) is 6.54 Å². The molecule has 0 unspecified atom stereocenters. The molecule has 0 saturated carbocycles. The summed E-state index contributed by atoms with van der Waals surface area (Å²) >= 11 is 0. The molecule has 2 rings (SSSR count). The van der Waals surface area contributed by atoms with Gasteiger partial charge in [0.15, 0.2) is 5.03 Å². The van der Waals surface area contributed by atoms with E-state index < -0.39 is 10.0 Å². The normalized spacial score (nSPS) is 11.9. The van der Waals surface area contributed by atoms with Crippen LogP contribution in [0.25, 0.3) is 0 Å². The van der Waals surface area contributed by atoms with Crippen molar-refractivity contribution in [1.29, 1.82) is 0 Å². The number of hydrogen-bond donors (Lipinski definition) is 1. The van der Waals surface area contributed by atoms with Crippen molar-refractivity contribution in [2.24, 2.45) is 5.14 Å². The molecule has 0 aromatic carbocycles. The Kier molecular flexibility index (Phi) is 3.43. The number of primary sulfonamides is 1. The van der Waals surface area contributed by atoms with Gasteiger partial charge < -0.3 is 4.57 Å². The first-order valence-corrected chi connectivity index (χ1v) is 6.96. The second kappa shape index (κ2) is 4.86. The zero-order valence-electron chi connectivity index (χ0n) is 9.89. The van der Waals surface area contributed by atoms with Crippen molar-refractivity contribution >= 4 is 10.0 Å². The van der Waals surface area contributed by atoms with Crippen LogP contribution in [-0.2, 0) is 23.1 Å². The van der Waals surface area contributed by atoms with Crippen molar-refractivity contribution in [3.8, 4) is 0 Å². The number of imidazole rings is 1. The molecule has 0 bridgehead atoms. The Morgan fingerprint density at radius 1 is 1.39 bits per heavy atom. The maximum Gasteiger partial charge on any atom is 0.257 e. The SMILES string of the molecule is CCCn1ncnc1Cn1cnc(S(N)(=O)=O)c1. The van der Waals surface area contributed by atoms with Crippen LogP contribution in [0, 0.1) is 0 Å². The molecule has 0 spiro atoms. The smallest absolute Gasteiger partial charge is 0.257 e. The summed E-state index contributed by atoms with van der Waals surface area (Å²) in [6.45, 7) is 3.22. The average Bonchev–Trinajstić information content (AvgIpc) is 2.89. The predicted molar refractivity (Wildman–Crippen MR) is 63.0 cm³/mol. The molecule has 0 amide bonds. The molecular weight excluding hydrogens is 256 g/mol. The summed E-state index contributed by atoms with van der Waals surface area (Å²) in [7, 11) is -3.76. The zero-order valence-corrected chi connectivity index (χ0v) is 10.7. The van der Waals surface area contributed by atoms with Crippen molar-refractivity contribution in [2.45, 2.75) is 31.5 Å². The third kappa shape index (κ3) is 2.74. The summed E-state index contributed by atoms with van der Waals surface area (Å²) in [5.41, 5.74) is 0. The molecule has 8 nitrogen and oxygen atoms in total. The second-order valence-corrected chi connectivity index (χ2v) is 5.34. The topological polar surface area (TPSA) is 109 Å². The summed E-state index contributed by atoms with van der Waals surface area (Å²) < 4.78 is 25.6. The van der Waals surface area contributed by atoms with Gasteiger partial charge in [-0.25, -0.2) is 28.2 Å². The van der Waals surface area contributed by atoms with Gasteiger partial charge in [-0.1, -0.05) is 6.92 Å². The molecule has 18 heavy (non-hydrogen) atoms. The van der Waals surface area contributed by atoms with E-state index in [2.05, 4.69) is 15.1 Å². The second-order valence-electron chi connectivity index (χ2n) is 3.83. The van der Waals surface area contributed by atoms with E-state index in [0.717, 1.165) is 18.8 Å². The van der Waals surface area contributed by atoms with Gasteiger partial charge in [0.05, 0.1) is 12.9 Å². The average molecular weight is 270 g/mol. The molecule has 98 valence electrons. The Bertz CT molecular complexity index is 629. The fraction of sp³-hybridized carbons (Fsp3) is 0.444. The van der Waals surface area contributed by atoms with Gasteiger partial charge in [0.1, 0.15) is 12.2 Å². The lowest BCUT2D eigenvalue weighted by Crippen LogP contribution is -2.12. The molecule has 0 saturated heterocycles. The monoisotopic (exact) mass is 270 g/mol. The van der Waals surface area contributed by atoms with Crippen LogP contribution in [0.2, 0.25) is 0 Å². The van der Waals surface area contributed by atoms with Crippen molar-refractivity contribution in [3.05, 3.63) is 24.7 Å². The number of rotatable bonds is 5. The Morgan fingerprint density at radius 3 is 2.78 bits per heavy atom. The molecule has 2 N–H and O–H groups in total. The van der Waals surface area contributed by atoms with Crippen LogP contribution >= 0.6 is 0 Å². The minimum atomic E-state index is -3.76. The van der Waals surface area contributed by atoms with E-state index in [1.54, 1.807) is 9.25 Å². The van der Waals surface area contributed by atoms with Crippen molar-refractivity contribution in [1.82, 2.24) is 24.3 Å². The van der Waals surface area contributed by atoms with E-state index in [1.165, 1.54) is 18.9 Å². The van der Waals surface area contributed by atoms with Crippen molar-refractivity contribution in [2.75, 3.05) is 0 Å². The van der Waals surface area contributed by atoms with Crippen LogP contribution in [0.4, 0.5) is 0 Å². The molecule has 0 aliphatic carbocycles. The first-order valence-electron chi connectivity index (χ1n) is 5.42. The summed E-state index contributed by atoms with van der Waals surface area (Å²) in [4.78, 5) is 7.86. The van der Waals surface area contributed by atoms with E-state index in [4.69, 9.17) is 5.14 Å². The molecule has 9 heteroatoms. The van der Waals surface area contributed by atoms with Gasteiger partial charge in [0.25, 0.3) is 10.0 Å². The number of sulfonamides is 1. The zero-order chi connectivity index (χ0) is 13.2. The van der Waals surface area contributed by atoms with Gasteiger partial charge in [-0.05, 0) is 6.42 Å². The number of nitrogens with two attached hydrogens (primary N) is 1. The van der Waals surface area contributed by atoms with E-state index >= 15 is 0 Å². The summed E-state index contributed by atoms with van der Waals surface area (Å²) in [6, 6.07) is 0. The number of aryl methyl sites for hydroxylation is 1. The summed E-state index contributed by atoms with van der Waals surface area (Å²) in [5.74, 6) is 0.746. The predicted octanol–water partition coefficient (Wildman–Crippen LogP) is -0.420. The van der Waals surface area contributed by atoms with Crippen molar-refractivity contribution in [3.63, 3.8) is 0 Å². The van der Waals surface area contributed by atoms with Gasteiger partial charge in [-0.2, -0.15) is 5.10 Å². The van der Waals surface area contributed by atoms with Gasteiger partial charge in [0, 0.05) is 12.7 Å². The molecule has 2 heterocycles. The summed E-state index contributed by atoms with van der Waals surface area (Å²) in [5, 5.41) is 8.92. The van der Waals surface area contributed by atoms with Crippen LogP contribution < -0.4 is 5.14 Å². The standard InChI is InChI=1S/C9H14N6O2S/c1-2-3-15-8(11-6-13-15)4-14-5-9(12-7-14)18(10,16)17/h5-7H,2-4H2,1H3,(H2,10,16,17). The highest BCUT2D eigenvalue weighted by Crippen LogP contribution is 2.05. The molecule has 2 aromatic rings. The first kappa shape index (κ1) is 12.7. The van der Waals surface area contributed by atoms with Crippen LogP contribution in [0.15, 0.2) is 23.9 Å². The molecule has 0 aliphatic rings. The van der Waals surface area contributed by atoms with E-state index in [1.807, 2.05) is 6.92 Å². The number of aromatic nitrogens is 5. The lowest BCUT2D eigenvalue weighted by molar-refractivity contribution is 0.554. The molecule has 0 aliphatic heterocycles. The number of hydrogen-bond acceptors (Lipinski definition) is 5. The van der Waals surface area contributed by atoms with Gasteiger partial charge in [-0.3, -0.25) is 0 Å². The quantitative estimate of drug-likeness (QED) is 0.793. The molecule has 0 atom stereocenters.